The summed E-state index contributed by atoms with van der Waals surface area (Å²) in [6.07, 6.45) is 6.50. The van der Waals surface area contributed by atoms with Gasteiger partial charge in [-0.05, 0) is 31.4 Å². The monoisotopic (exact) mass is 190 g/mol. The van der Waals surface area contributed by atoms with Crippen molar-refractivity contribution in [1.29, 1.82) is 0 Å². The van der Waals surface area contributed by atoms with Crippen LogP contribution in [0, 0.1) is 0 Å². The van der Waals surface area contributed by atoms with Crippen LogP contribution in [0.5, 0.6) is 0 Å². The van der Waals surface area contributed by atoms with Gasteiger partial charge in [-0.15, -0.1) is 0 Å². The molecule has 0 saturated carbocycles. The second-order valence-electron chi connectivity index (χ2n) is 4.03. The van der Waals surface area contributed by atoms with E-state index in [2.05, 4.69) is 22.5 Å². The maximum atomic E-state index is 5.63. The van der Waals surface area contributed by atoms with Crippen molar-refractivity contribution in [2.45, 2.75) is 31.8 Å². The highest BCUT2D eigenvalue weighted by atomic mass is 16.5. The topological polar surface area (TPSA) is 33.6 Å². The first-order valence-electron chi connectivity index (χ1n) is 5.19. The Kier molecular flexibility index (Phi) is 1.66. The number of rotatable bonds is 0. The summed E-state index contributed by atoms with van der Waals surface area (Å²) in [5.41, 5.74) is 1.41. The molecule has 0 spiro atoms. The van der Waals surface area contributed by atoms with Crippen molar-refractivity contribution in [3.63, 3.8) is 0 Å². The van der Waals surface area contributed by atoms with E-state index in [0.717, 1.165) is 31.0 Å². The van der Waals surface area contributed by atoms with Gasteiger partial charge in [0, 0.05) is 0 Å². The highest BCUT2D eigenvalue weighted by Crippen LogP contribution is 2.31. The number of hydrogen-bond acceptors (Lipinski definition) is 3. The Labute approximate surface area is 83.6 Å². The quantitative estimate of drug-likeness (QED) is 0.626. The Morgan fingerprint density at radius 3 is 3.43 bits per heavy atom. The molecule has 1 aliphatic carbocycles. The molecule has 0 aromatic heterocycles. The van der Waals surface area contributed by atoms with Gasteiger partial charge >= 0.3 is 0 Å². The van der Waals surface area contributed by atoms with E-state index in [1.54, 1.807) is 0 Å². The predicted octanol–water partition coefficient (Wildman–Crippen LogP) is 1.38. The lowest BCUT2D eigenvalue weighted by molar-refractivity contribution is 0.192. The first-order chi connectivity index (χ1) is 6.84. The highest BCUT2D eigenvalue weighted by molar-refractivity contribution is 5.83. The van der Waals surface area contributed by atoms with Crippen molar-refractivity contribution < 1.29 is 4.74 Å². The molecule has 0 bridgehead atoms. The molecule has 2 aliphatic heterocycles. The summed E-state index contributed by atoms with van der Waals surface area (Å²) in [7, 11) is 0. The van der Waals surface area contributed by atoms with Crippen LogP contribution in [-0.4, -0.2) is 24.5 Å². The molecule has 0 amide bonds. The van der Waals surface area contributed by atoms with Gasteiger partial charge in [-0.3, -0.25) is 4.99 Å². The molecule has 3 heteroatoms. The molecule has 2 unspecified atom stereocenters. The van der Waals surface area contributed by atoms with Gasteiger partial charge in [0.1, 0.15) is 5.76 Å². The third-order valence-corrected chi connectivity index (χ3v) is 3.03. The van der Waals surface area contributed by atoms with Crippen LogP contribution < -0.4 is 5.32 Å². The van der Waals surface area contributed by atoms with Gasteiger partial charge in [0.25, 0.3) is 0 Å². The lowest BCUT2D eigenvalue weighted by Crippen LogP contribution is -2.38. The molecule has 2 atom stereocenters. The van der Waals surface area contributed by atoms with Crippen LogP contribution in [0.3, 0.4) is 0 Å². The van der Waals surface area contributed by atoms with Crippen molar-refractivity contribution in [2.24, 2.45) is 4.99 Å². The number of hydrogen-bond donors (Lipinski definition) is 1. The summed E-state index contributed by atoms with van der Waals surface area (Å²) in [6, 6.07) is 0.672. The van der Waals surface area contributed by atoms with Gasteiger partial charge in [-0.2, -0.15) is 0 Å². The zero-order chi connectivity index (χ0) is 9.54. The van der Waals surface area contributed by atoms with Crippen LogP contribution in [0.15, 0.2) is 28.5 Å². The fourth-order valence-corrected chi connectivity index (χ4v) is 2.40. The molecule has 1 N–H and O–H groups in total. The van der Waals surface area contributed by atoms with Gasteiger partial charge in [-0.25, -0.2) is 0 Å². The van der Waals surface area contributed by atoms with E-state index >= 15 is 0 Å². The predicted molar refractivity (Wildman–Crippen MR) is 55.2 cm³/mol. The molecule has 2 heterocycles. The zero-order valence-electron chi connectivity index (χ0n) is 8.29. The maximum Gasteiger partial charge on any atom is 0.120 e. The van der Waals surface area contributed by atoms with Gasteiger partial charge in [0.05, 0.1) is 24.5 Å². The summed E-state index contributed by atoms with van der Waals surface area (Å²) in [6.45, 7) is 2.89. The molecule has 3 nitrogen and oxygen atoms in total. The molecular formula is C11H14N2O. The molecule has 14 heavy (non-hydrogen) atoms. The van der Waals surface area contributed by atoms with E-state index in [4.69, 9.17) is 4.74 Å². The van der Waals surface area contributed by atoms with Gasteiger partial charge in [-0.1, -0.05) is 6.08 Å². The Morgan fingerprint density at radius 2 is 2.50 bits per heavy atom. The molecule has 0 fully saturated rings. The zero-order valence-corrected chi connectivity index (χ0v) is 8.29. The third-order valence-electron chi connectivity index (χ3n) is 3.03. The molecule has 3 rings (SSSR count). The Bertz CT molecular complexity index is 354. The number of allylic oxidation sites excluding steroid dienone is 1. The van der Waals surface area contributed by atoms with Gasteiger partial charge in [0.15, 0.2) is 0 Å². The standard InChI is InChI=1S/C11H14N2O/c1-7-12-9-4-5-10-8(11(9)13-7)3-2-6-14-10/h4-5,9,11H,2-3,6H2,1H3,(H,12,13). The first-order valence-corrected chi connectivity index (χ1v) is 5.19. The van der Waals surface area contributed by atoms with Crippen molar-refractivity contribution in [3.8, 4) is 0 Å². The molecule has 74 valence electrons. The van der Waals surface area contributed by atoms with Crippen LogP contribution in [0.1, 0.15) is 19.8 Å². The van der Waals surface area contributed by atoms with Crippen molar-refractivity contribution in [3.05, 3.63) is 23.5 Å². The molecule has 0 radical (unpaired) electrons. The smallest absolute Gasteiger partial charge is 0.120 e. The summed E-state index contributed by atoms with van der Waals surface area (Å²) in [5, 5.41) is 3.42. The Balaban J connectivity index is 1.96. The Hall–Kier alpha value is -1.25. The third kappa shape index (κ3) is 1.08. The number of aliphatic imine (C=N–C) groups is 1. The number of nitrogens with one attached hydrogen (secondary N) is 1. The second-order valence-corrected chi connectivity index (χ2v) is 4.03. The SMILES string of the molecule is CC1=NC2C=CC3=C(CCCO3)C2N1. The maximum absolute atomic E-state index is 5.63. The van der Waals surface area contributed by atoms with E-state index in [0.29, 0.717) is 12.1 Å². The van der Waals surface area contributed by atoms with Crippen LogP contribution in [0.2, 0.25) is 0 Å². The molecular weight excluding hydrogens is 176 g/mol. The van der Waals surface area contributed by atoms with E-state index < -0.39 is 0 Å². The normalized spacial score (nSPS) is 34.2. The van der Waals surface area contributed by atoms with E-state index in [1.807, 2.05) is 6.92 Å². The highest BCUT2D eigenvalue weighted by Gasteiger charge is 2.33. The first kappa shape index (κ1) is 8.09. The van der Waals surface area contributed by atoms with Crippen molar-refractivity contribution in [2.75, 3.05) is 6.61 Å². The molecule has 0 aromatic rings. The van der Waals surface area contributed by atoms with Gasteiger partial charge < -0.3 is 10.1 Å². The fourth-order valence-electron chi connectivity index (χ4n) is 2.40. The molecule has 0 saturated heterocycles. The van der Waals surface area contributed by atoms with Crippen molar-refractivity contribution in [1.82, 2.24) is 5.32 Å². The van der Waals surface area contributed by atoms with E-state index in [1.165, 1.54) is 5.57 Å². The lowest BCUT2D eigenvalue weighted by atomic mass is 9.90. The number of fused-ring (bicyclic) bond motifs is 2. The lowest BCUT2D eigenvalue weighted by Gasteiger charge is -2.29. The number of nitrogens with zero attached hydrogens (tertiary/aromatic N) is 1. The van der Waals surface area contributed by atoms with E-state index in [9.17, 15) is 0 Å². The Morgan fingerprint density at radius 1 is 1.57 bits per heavy atom. The molecule has 3 aliphatic rings. The van der Waals surface area contributed by atoms with E-state index in [-0.39, 0.29) is 0 Å². The number of amidine groups is 1. The summed E-state index contributed by atoms with van der Waals surface area (Å²) < 4.78 is 5.63. The van der Waals surface area contributed by atoms with Gasteiger partial charge in [0.2, 0.25) is 0 Å². The fraction of sp³-hybridized carbons (Fsp3) is 0.545. The van der Waals surface area contributed by atoms with Crippen LogP contribution in [0.4, 0.5) is 0 Å². The minimum atomic E-state index is 0.301. The minimum absolute atomic E-state index is 0.301. The average Bonchev–Trinajstić information content (AvgIpc) is 2.59. The second kappa shape index (κ2) is 2.87. The summed E-state index contributed by atoms with van der Waals surface area (Å²) in [5.74, 6) is 2.12. The van der Waals surface area contributed by atoms with Crippen LogP contribution in [-0.2, 0) is 4.74 Å². The average molecular weight is 190 g/mol. The molecule has 0 aromatic carbocycles. The minimum Gasteiger partial charge on any atom is -0.494 e. The van der Waals surface area contributed by atoms with Crippen molar-refractivity contribution >= 4 is 5.84 Å². The number of ether oxygens (including phenoxy) is 1. The largest absolute Gasteiger partial charge is 0.494 e. The summed E-state index contributed by atoms with van der Waals surface area (Å²) >= 11 is 0. The van der Waals surface area contributed by atoms with Crippen LogP contribution >= 0.6 is 0 Å². The van der Waals surface area contributed by atoms with Crippen LogP contribution in [0.25, 0.3) is 0 Å². The summed E-state index contributed by atoms with van der Waals surface area (Å²) in [4.78, 5) is 4.53.